The van der Waals surface area contributed by atoms with E-state index in [2.05, 4.69) is 30.3 Å². The second-order valence-electron chi connectivity index (χ2n) is 7.47. The molecule has 0 radical (unpaired) electrons. The second kappa shape index (κ2) is 9.70. The summed E-state index contributed by atoms with van der Waals surface area (Å²) in [6.07, 6.45) is 0.0858. The average Bonchev–Trinajstić information content (AvgIpc) is 3.45. The van der Waals surface area contributed by atoms with E-state index in [1.165, 1.54) is 49.2 Å². The number of anilines is 2. The van der Waals surface area contributed by atoms with E-state index in [0.717, 1.165) is 17.0 Å². The number of halogens is 3. The smallest absolute Gasteiger partial charge is 0.416 e. The van der Waals surface area contributed by atoms with Crippen LogP contribution in [0.2, 0.25) is 0 Å². The number of rotatable bonds is 7. The largest absolute Gasteiger partial charge is 0.468 e. The van der Waals surface area contributed by atoms with Crippen LogP contribution in [0.5, 0.6) is 0 Å². The van der Waals surface area contributed by atoms with Crippen molar-refractivity contribution in [1.82, 2.24) is 24.8 Å². The number of fused-ring (bicyclic) bond motifs is 1. The van der Waals surface area contributed by atoms with Crippen LogP contribution in [0.15, 0.2) is 49.1 Å². The molecule has 1 atom stereocenters. The molecule has 35 heavy (non-hydrogen) atoms. The molecule has 1 aromatic carbocycles. The Labute approximate surface area is 201 Å². The lowest BCUT2D eigenvalue weighted by atomic mass is 10.2. The second-order valence-corrected chi connectivity index (χ2v) is 8.53. The number of aromatic nitrogens is 4. The summed E-state index contributed by atoms with van der Waals surface area (Å²) in [5.74, 6) is -0.887. The van der Waals surface area contributed by atoms with Crippen LogP contribution in [0.25, 0.3) is 11.0 Å². The van der Waals surface area contributed by atoms with Gasteiger partial charge < -0.3 is 19.9 Å². The summed E-state index contributed by atoms with van der Waals surface area (Å²) in [5, 5.41) is 6.26. The van der Waals surface area contributed by atoms with E-state index in [4.69, 9.17) is 0 Å². The normalized spacial score (nSPS) is 12.4. The summed E-state index contributed by atoms with van der Waals surface area (Å²) in [5.41, 5.74) is 0.948. The number of amides is 1. The first-order valence-electron chi connectivity index (χ1n) is 10.2. The third-order valence-corrected chi connectivity index (χ3v) is 6.12. The van der Waals surface area contributed by atoms with Crippen LogP contribution in [0.1, 0.15) is 33.9 Å². The molecule has 0 bridgehead atoms. The number of methoxy groups -OCH3 is 1. The number of carbonyl (C=O) groups excluding carboxylic acids is 2. The summed E-state index contributed by atoms with van der Waals surface area (Å²) >= 11 is 1.25. The van der Waals surface area contributed by atoms with Gasteiger partial charge in [-0.15, -0.1) is 0 Å². The van der Waals surface area contributed by atoms with Gasteiger partial charge in [-0.05, 0) is 37.3 Å². The number of hydrogen-bond donors (Lipinski definition) is 2. The topological polar surface area (TPSA) is 111 Å². The predicted molar refractivity (Wildman–Crippen MR) is 122 cm³/mol. The number of alkyl halides is 3. The molecular weight excluding hydrogens is 485 g/mol. The standard InChI is InChI=1S/C22H19F3N6O3S/c1-12(18-9-27-21(35-18)30-14-5-3-13(4-6-14)22(23,24)25)29-20(33)15-7-17-16(8-26-15)28-11-31(17)10-19(32)34-2/h3-9,11-12H,10H2,1-2H3,(H,27,30)(H,29,33). The summed E-state index contributed by atoms with van der Waals surface area (Å²) in [4.78, 5) is 37.6. The van der Waals surface area contributed by atoms with Crippen LogP contribution in [-0.4, -0.2) is 38.5 Å². The summed E-state index contributed by atoms with van der Waals surface area (Å²) in [6.45, 7) is 1.72. The number of nitrogens with one attached hydrogen (secondary N) is 2. The Hall–Kier alpha value is -4.00. The van der Waals surface area contributed by atoms with Gasteiger partial charge in [0.05, 0.1) is 36.8 Å². The highest BCUT2D eigenvalue weighted by Gasteiger charge is 2.30. The quantitative estimate of drug-likeness (QED) is 0.361. The molecule has 1 unspecified atom stereocenters. The monoisotopic (exact) mass is 504 g/mol. The van der Waals surface area contributed by atoms with Gasteiger partial charge in [0.15, 0.2) is 5.13 Å². The number of nitrogens with zero attached hydrogens (tertiary/aromatic N) is 4. The van der Waals surface area contributed by atoms with Gasteiger partial charge in [-0.25, -0.2) is 15.0 Å². The average molecular weight is 504 g/mol. The molecule has 0 fully saturated rings. The first-order chi connectivity index (χ1) is 16.6. The molecule has 0 spiro atoms. The van der Waals surface area contributed by atoms with Crippen LogP contribution in [0.3, 0.4) is 0 Å². The van der Waals surface area contributed by atoms with E-state index >= 15 is 0 Å². The molecule has 9 nitrogen and oxygen atoms in total. The molecular formula is C22H19F3N6O3S. The van der Waals surface area contributed by atoms with Crippen LogP contribution in [0.4, 0.5) is 24.0 Å². The van der Waals surface area contributed by atoms with E-state index in [1.54, 1.807) is 17.7 Å². The maximum absolute atomic E-state index is 12.8. The van der Waals surface area contributed by atoms with Crippen molar-refractivity contribution in [2.45, 2.75) is 25.7 Å². The van der Waals surface area contributed by atoms with Gasteiger partial charge in [0.2, 0.25) is 0 Å². The zero-order valence-corrected chi connectivity index (χ0v) is 19.3. The molecule has 4 aromatic rings. The Bertz CT molecular complexity index is 1370. The third kappa shape index (κ3) is 5.57. The number of imidazole rings is 1. The minimum atomic E-state index is -4.40. The number of ether oxygens (including phenoxy) is 1. The highest BCUT2D eigenvalue weighted by atomic mass is 32.1. The van der Waals surface area contributed by atoms with Crippen molar-refractivity contribution in [3.63, 3.8) is 0 Å². The van der Waals surface area contributed by atoms with Crippen LogP contribution in [0, 0.1) is 0 Å². The van der Waals surface area contributed by atoms with Gasteiger partial charge in [0.1, 0.15) is 17.8 Å². The number of pyridine rings is 1. The molecule has 0 saturated heterocycles. The fourth-order valence-corrected chi connectivity index (χ4v) is 4.01. The first kappa shape index (κ1) is 24.1. The number of thiazole rings is 1. The molecule has 2 N–H and O–H groups in total. The van der Waals surface area contributed by atoms with E-state index in [9.17, 15) is 22.8 Å². The van der Waals surface area contributed by atoms with Gasteiger partial charge >= 0.3 is 12.1 Å². The SMILES string of the molecule is COC(=O)Cn1cnc2cnc(C(=O)NC(C)c3cnc(Nc4ccc(C(F)(F)F)cc4)s3)cc21. The Kier molecular flexibility index (Phi) is 6.69. The number of hydrogen-bond acceptors (Lipinski definition) is 8. The van der Waals surface area contributed by atoms with Gasteiger partial charge in [-0.3, -0.25) is 9.59 Å². The van der Waals surface area contributed by atoms with Gasteiger partial charge in [-0.1, -0.05) is 11.3 Å². The van der Waals surface area contributed by atoms with Crippen LogP contribution < -0.4 is 10.6 Å². The maximum Gasteiger partial charge on any atom is 0.416 e. The van der Waals surface area contributed by atoms with Gasteiger partial charge in [0, 0.05) is 16.8 Å². The highest BCUT2D eigenvalue weighted by Crippen LogP contribution is 2.31. The Balaban J connectivity index is 1.42. The Morgan fingerprint density at radius 1 is 1.14 bits per heavy atom. The summed E-state index contributed by atoms with van der Waals surface area (Å²) in [6, 6.07) is 5.74. The van der Waals surface area contributed by atoms with Crippen molar-refractivity contribution in [3.8, 4) is 0 Å². The van der Waals surface area contributed by atoms with E-state index < -0.39 is 29.7 Å². The Morgan fingerprint density at radius 3 is 2.57 bits per heavy atom. The molecule has 3 heterocycles. The number of esters is 1. The van der Waals surface area contributed by atoms with Crippen molar-refractivity contribution >= 4 is 45.1 Å². The summed E-state index contributed by atoms with van der Waals surface area (Å²) in [7, 11) is 1.28. The molecule has 182 valence electrons. The molecule has 0 aliphatic carbocycles. The van der Waals surface area contributed by atoms with Crippen molar-refractivity contribution in [2.75, 3.05) is 12.4 Å². The molecule has 0 aliphatic heterocycles. The summed E-state index contributed by atoms with van der Waals surface area (Å²) < 4.78 is 44.4. The number of benzene rings is 1. The van der Waals surface area contributed by atoms with Crippen molar-refractivity contribution in [3.05, 3.63) is 65.2 Å². The van der Waals surface area contributed by atoms with E-state index in [1.807, 2.05) is 0 Å². The molecule has 4 rings (SSSR count). The minimum Gasteiger partial charge on any atom is -0.468 e. The Morgan fingerprint density at radius 2 is 1.89 bits per heavy atom. The lowest BCUT2D eigenvalue weighted by Gasteiger charge is -2.11. The van der Waals surface area contributed by atoms with Crippen LogP contribution >= 0.6 is 11.3 Å². The first-order valence-corrected chi connectivity index (χ1v) is 11.0. The van der Waals surface area contributed by atoms with Gasteiger partial charge in [0.25, 0.3) is 5.91 Å². The van der Waals surface area contributed by atoms with Crippen molar-refractivity contribution < 1.29 is 27.5 Å². The number of carbonyl (C=O) groups is 2. The minimum absolute atomic E-state index is 0.0515. The van der Waals surface area contributed by atoms with E-state index in [-0.39, 0.29) is 12.2 Å². The molecule has 0 saturated carbocycles. The van der Waals surface area contributed by atoms with Gasteiger partial charge in [-0.2, -0.15) is 13.2 Å². The molecule has 0 aliphatic rings. The molecule has 3 aromatic heterocycles. The molecule has 1 amide bonds. The zero-order chi connectivity index (χ0) is 25.2. The predicted octanol–water partition coefficient (Wildman–Crippen LogP) is 4.31. The van der Waals surface area contributed by atoms with Crippen LogP contribution in [-0.2, 0) is 22.3 Å². The lowest BCUT2D eigenvalue weighted by Crippen LogP contribution is -2.27. The molecule has 13 heteroatoms. The lowest BCUT2D eigenvalue weighted by molar-refractivity contribution is -0.141. The maximum atomic E-state index is 12.8. The highest BCUT2D eigenvalue weighted by molar-refractivity contribution is 7.15. The van der Waals surface area contributed by atoms with Crippen molar-refractivity contribution in [1.29, 1.82) is 0 Å². The zero-order valence-electron chi connectivity index (χ0n) is 18.5. The van der Waals surface area contributed by atoms with Crippen molar-refractivity contribution in [2.24, 2.45) is 0 Å². The fourth-order valence-electron chi connectivity index (χ4n) is 3.17. The van der Waals surface area contributed by atoms with E-state index in [0.29, 0.717) is 21.9 Å². The fraction of sp³-hybridized carbons (Fsp3) is 0.227. The third-order valence-electron chi connectivity index (χ3n) is 5.03.